The Morgan fingerprint density at radius 3 is 2.52 bits per heavy atom. The van der Waals surface area contributed by atoms with Crippen molar-refractivity contribution < 1.29 is 28.2 Å². The van der Waals surface area contributed by atoms with Crippen LogP contribution in [0.4, 0.5) is 13.2 Å². The van der Waals surface area contributed by atoms with Gasteiger partial charge in [-0.25, -0.2) is 0 Å². The highest BCUT2D eigenvalue weighted by Gasteiger charge is 2.63. The molecule has 3 rings (SSSR count). The maximum absolute atomic E-state index is 13.6. The first-order chi connectivity index (χ1) is 12.7. The van der Waals surface area contributed by atoms with Gasteiger partial charge in [-0.3, -0.25) is 4.79 Å². The van der Waals surface area contributed by atoms with Crippen LogP contribution in [0.1, 0.15) is 50.5 Å². The molecule has 0 bridgehead atoms. The number of phenolic OH excluding ortho intramolecular Hbond substituents is 1. The Morgan fingerprint density at radius 1 is 1.22 bits per heavy atom. The van der Waals surface area contributed by atoms with Crippen LogP contribution in [0.3, 0.4) is 0 Å². The second kappa shape index (κ2) is 7.50. The van der Waals surface area contributed by atoms with E-state index in [1.807, 2.05) is 0 Å². The second-order valence-electron chi connectivity index (χ2n) is 7.25. The third-order valence-electron chi connectivity index (χ3n) is 5.37. The number of hydrazone groups is 1. The Hall–Kier alpha value is -2.09. The SMILES string of the molecule is O=C(CCc1ccccc1O)N1N=C(C2CCCCC2)C[C@@]1(O)C(F)(F)F. The number of carbonyl (C=O) groups is 1. The number of carbonyl (C=O) groups excluding carboxylic acids is 1. The second-order valence-corrected chi connectivity index (χ2v) is 7.25. The number of halogens is 3. The zero-order valence-electron chi connectivity index (χ0n) is 14.9. The van der Waals surface area contributed by atoms with Gasteiger partial charge in [0.2, 0.25) is 5.91 Å². The Morgan fingerprint density at radius 2 is 1.89 bits per heavy atom. The van der Waals surface area contributed by atoms with E-state index in [2.05, 4.69) is 5.10 Å². The molecule has 0 spiro atoms. The Bertz CT molecular complexity index is 729. The van der Waals surface area contributed by atoms with Crippen molar-refractivity contribution in [2.75, 3.05) is 0 Å². The molecule has 148 valence electrons. The normalized spacial score (nSPS) is 24.1. The minimum atomic E-state index is -5.00. The van der Waals surface area contributed by atoms with Crippen molar-refractivity contribution in [2.24, 2.45) is 11.0 Å². The molecule has 0 saturated heterocycles. The number of aromatic hydroxyl groups is 1. The first-order valence-electron chi connectivity index (χ1n) is 9.19. The van der Waals surface area contributed by atoms with Crippen LogP contribution < -0.4 is 0 Å². The average Bonchev–Trinajstić information content (AvgIpc) is 3.01. The summed E-state index contributed by atoms with van der Waals surface area (Å²) in [6, 6.07) is 6.32. The summed E-state index contributed by atoms with van der Waals surface area (Å²) in [5.74, 6) is -1.06. The van der Waals surface area contributed by atoms with E-state index in [4.69, 9.17) is 0 Å². The fraction of sp³-hybridized carbons (Fsp3) is 0.579. The van der Waals surface area contributed by atoms with Gasteiger partial charge >= 0.3 is 6.18 Å². The van der Waals surface area contributed by atoms with E-state index in [1.54, 1.807) is 18.2 Å². The molecule has 8 heteroatoms. The topological polar surface area (TPSA) is 73.1 Å². The molecule has 1 aromatic rings. The highest BCUT2D eigenvalue weighted by atomic mass is 19.4. The van der Waals surface area contributed by atoms with E-state index < -0.39 is 24.2 Å². The number of para-hydroxylation sites is 1. The van der Waals surface area contributed by atoms with Crippen LogP contribution in [0, 0.1) is 5.92 Å². The van der Waals surface area contributed by atoms with Crippen LogP contribution in [0.15, 0.2) is 29.4 Å². The zero-order chi connectivity index (χ0) is 19.7. The van der Waals surface area contributed by atoms with Crippen molar-refractivity contribution in [1.29, 1.82) is 0 Å². The molecular weight excluding hydrogens is 361 g/mol. The molecule has 1 aromatic carbocycles. The summed E-state index contributed by atoms with van der Waals surface area (Å²) < 4.78 is 40.7. The Labute approximate surface area is 155 Å². The molecule has 0 aromatic heterocycles. The molecule has 1 atom stereocenters. The fourth-order valence-electron chi connectivity index (χ4n) is 3.79. The van der Waals surface area contributed by atoms with E-state index in [9.17, 15) is 28.2 Å². The molecule has 5 nitrogen and oxygen atoms in total. The number of amides is 1. The van der Waals surface area contributed by atoms with E-state index in [0.717, 1.165) is 32.1 Å². The molecule has 0 unspecified atom stereocenters. The van der Waals surface area contributed by atoms with Gasteiger partial charge in [-0.1, -0.05) is 37.5 Å². The van der Waals surface area contributed by atoms with E-state index in [0.29, 0.717) is 5.56 Å². The number of alkyl halides is 3. The van der Waals surface area contributed by atoms with Crippen LogP contribution in [-0.4, -0.2) is 38.7 Å². The Balaban J connectivity index is 1.78. The number of aliphatic hydroxyl groups is 1. The minimum Gasteiger partial charge on any atom is -0.508 e. The monoisotopic (exact) mass is 384 g/mol. The smallest absolute Gasteiger partial charge is 0.438 e. The van der Waals surface area contributed by atoms with Gasteiger partial charge in [0.05, 0.1) is 0 Å². The quantitative estimate of drug-likeness (QED) is 0.831. The third kappa shape index (κ3) is 3.95. The van der Waals surface area contributed by atoms with Crippen LogP contribution in [0.2, 0.25) is 0 Å². The summed E-state index contributed by atoms with van der Waals surface area (Å²) in [6.07, 6.45) is -1.61. The molecule has 1 fully saturated rings. The lowest BCUT2D eigenvalue weighted by atomic mass is 9.83. The number of phenols is 1. The van der Waals surface area contributed by atoms with Crippen molar-refractivity contribution in [3.63, 3.8) is 0 Å². The van der Waals surface area contributed by atoms with Gasteiger partial charge in [0, 0.05) is 18.6 Å². The number of benzene rings is 1. The van der Waals surface area contributed by atoms with E-state index in [1.165, 1.54) is 6.07 Å². The molecule has 2 N–H and O–H groups in total. The molecular formula is C19H23F3N2O3. The minimum absolute atomic E-state index is 0.0239. The van der Waals surface area contributed by atoms with Crippen molar-refractivity contribution >= 4 is 11.6 Å². The number of rotatable bonds is 4. The van der Waals surface area contributed by atoms with E-state index >= 15 is 0 Å². The molecule has 27 heavy (non-hydrogen) atoms. The standard InChI is InChI=1S/C19H23F3N2O3/c20-19(21,22)18(27)12-15(13-6-2-1-3-7-13)23-24(18)17(26)11-10-14-8-4-5-9-16(14)25/h4-5,8-9,13,25,27H,1-3,6-7,10-12H2/t18-/m1/s1. The predicted octanol–water partition coefficient (Wildman–Crippen LogP) is 3.74. The largest absolute Gasteiger partial charge is 0.508 e. The van der Waals surface area contributed by atoms with Crippen LogP contribution in [-0.2, 0) is 11.2 Å². The summed E-state index contributed by atoms with van der Waals surface area (Å²) >= 11 is 0. The first kappa shape index (κ1) is 19.7. The highest BCUT2D eigenvalue weighted by molar-refractivity contribution is 5.92. The molecule has 2 aliphatic rings. The lowest BCUT2D eigenvalue weighted by Crippen LogP contribution is -2.56. The van der Waals surface area contributed by atoms with Crippen molar-refractivity contribution in [1.82, 2.24) is 5.01 Å². The number of nitrogens with zero attached hydrogens (tertiary/aromatic N) is 2. The maximum Gasteiger partial charge on any atom is 0.438 e. The number of aryl methyl sites for hydroxylation is 1. The molecule has 1 amide bonds. The molecule has 0 radical (unpaired) electrons. The summed E-state index contributed by atoms with van der Waals surface area (Å²) in [5, 5.41) is 24.2. The summed E-state index contributed by atoms with van der Waals surface area (Å²) in [4.78, 5) is 12.5. The van der Waals surface area contributed by atoms with Crippen LogP contribution in [0.25, 0.3) is 0 Å². The maximum atomic E-state index is 13.6. The molecule has 1 heterocycles. The van der Waals surface area contributed by atoms with Crippen molar-refractivity contribution in [3.8, 4) is 5.75 Å². The fourth-order valence-corrected chi connectivity index (χ4v) is 3.79. The zero-order valence-corrected chi connectivity index (χ0v) is 14.9. The first-order valence-corrected chi connectivity index (χ1v) is 9.19. The average molecular weight is 384 g/mol. The predicted molar refractivity (Wildman–Crippen MR) is 92.9 cm³/mol. The summed E-state index contributed by atoms with van der Waals surface area (Å²) in [7, 11) is 0. The van der Waals surface area contributed by atoms with Gasteiger partial charge < -0.3 is 10.2 Å². The van der Waals surface area contributed by atoms with Gasteiger partial charge in [-0.05, 0) is 36.8 Å². The van der Waals surface area contributed by atoms with Crippen LogP contribution >= 0.6 is 0 Å². The van der Waals surface area contributed by atoms with Gasteiger partial charge in [-0.2, -0.15) is 23.3 Å². The van der Waals surface area contributed by atoms with E-state index in [-0.39, 0.29) is 35.2 Å². The Kier molecular flexibility index (Phi) is 5.46. The van der Waals surface area contributed by atoms with Gasteiger partial charge in [-0.15, -0.1) is 0 Å². The molecule has 1 aliphatic heterocycles. The number of hydrogen-bond donors (Lipinski definition) is 2. The lowest BCUT2D eigenvalue weighted by molar-refractivity contribution is -0.302. The molecule has 1 aliphatic carbocycles. The number of hydrogen-bond acceptors (Lipinski definition) is 4. The molecule has 1 saturated carbocycles. The van der Waals surface area contributed by atoms with Gasteiger partial charge in [0.25, 0.3) is 5.72 Å². The lowest BCUT2D eigenvalue weighted by Gasteiger charge is -2.32. The van der Waals surface area contributed by atoms with Crippen molar-refractivity contribution in [3.05, 3.63) is 29.8 Å². The third-order valence-corrected chi connectivity index (χ3v) is 5.37. The van der Waals surface area contributed by atoms with Crippen molar-refractivity contribution in [2.45, 2.75) is 63.3 Å². The summed E-state index contributed by atoms with van der Waals surface area (Å²) in [6.45, 7) is 0. The van der Waals surface area contributed by atoms with Crippen LogP contribution in [0.5, 0.6) is 5.75 Å². The van der Waals surface area contributed by atoms with Gasteiger partial charge in [0.15, 0.2) is 0 Å². The van der Waals surface area contributed by atoms with Gasteiger partial charge in [0.1, 0.15) is 5.75 Å². The summed E-state index contributed by atoms with van der Waals surface area (Å²) in [5.41, 5.74) is -2.59. The highest BCUT2D eigenvalue weighted by Crippen LogP contribution is 2.43.